The molecule has 19 heavy (non-hydrogen) atoms. The van der Waals surface area contributed by atoms with Crippen molar-refractivity contribution in [3.8, 4) is 0 Å². The SMILES string of the molecule is NNC(CSc1cccc(Cl)c1)C1CC2CCC1C2. The number of halogens is 1. The van der Waals surface area contributed by atoms with E-state index < -0.39 is 0 Å². The number of fused-ring (bicyclic) bond motifs is 2. The van der Waals surface area contributed by atoms with Gasteiger partial charge in [0.1, 0.15) is 0 Å². The molecule has 4 unspecified atom stereocenters. The quantitative estimate of drug-likeness (QED) is 0.494. The summed E-state index contributed by atoms with van der Waals surface area (Å²) in [7, 11) is 0. The van der Waals surface area contributed by atoms with Crippen molar-refractivity contribution in [3.63, 3.8) is 0 Å². The van der Waals surface area contributed by atoms with Crippen LogP contribution in [0.3, 0.4) is 0 Å². The van der Waals surface area contributed by atoms with Crippen molar-refractivity contribution in [1.29, 1.82) is 0 Å². The van der Waals surface area contributed by atoms with Crippen LogP contribution in [0.25, 0.3) is 0 Å². The Morgan fingerprint density at radius 2 is 2.26 bits per heavy atom. The first-order chi connectivity index (χ1) is 9.26. The Morgan fingerprint density at radius 1 is 1.37 bits per heavy atom. The molecule has 2 bridgehead atoms. The zero-order valence-electron chi connectivity index (χ0n) is 11.0. The van der Waals surface area contributed by atoms with Crippen molar-refractivity contribution in [1.82, 2.24) is 5.43 Å². The lowest BCUT2D eigenvalue weighted by atomic mass is 9.84. The second kappa shape index (κ2) is 6.04. The van der Waals surface area contributed by atoms with E-state index in [1.165, 1.54) is 30.6 Å². The average molecular weight is 297 g/mol. The van der Waals surface area contributed by atoms with Crippen molar-refractivity contribution in [2.45, 2.75) is 36.6 Å². The molecule has 0 heterocycles. The lowest BCUT2D eigenvalue weighted by Crippen LogP contribution is -2.44. The van der Waals surface area contributed by atoms with Gasteiger partial charge in [0.05, 0.1) is 0 Å². The Balaban J connectivity index is 1.58. The van der Waals surface area contributed by atoms with Gasteiger partial charge in [0, 0.05) is 21.7 Å². The van der Waals surface area contributed by atoms with Crippen LogP contribution in [0.1, 0.15) is 25.7 Å². The molecule has 2 saturated carbocycles. The van der Waals surface area contributed by atoms with E-state index in [4.69, 9.17) is 17.4 Å². The van der Waals surface area contributed by atoms with Gasteiger partial charge in [0.2, 0.25) is 0 Å². The fraction of sp³-hybridized carbons (Fsp3) is 0.600. The van der Waals surface area contributed by atoms with Crippen LogP contribution < -0.4 is 11.3 Å². The van der Waals surface area contributed by atoms with Gasteiger partial charge in [-0.25, -0.2) is 0 Å². The molecule has 4 atom stereocenters. The fourth-order valence-electron chi connectivity index (χ4n) is 3.82. The average Bonchev–Trinajstić information content (AvgIpc) is 3.02. The van der Waals surface area contributed by atoms with Crippen LogP contribution in [0.2, 0.25) is 5.02 Å². The maximum atomic E-state index is 6.02. The Hall–Kier alpha value is -0.220. The standard InChI is InChI=1S/C15H21ClN2S/c16-12-2-1-3-13(8-12)19-9-15(18-17)14-7-10-4-5-11(14)6-10/h1-3,8,10-11,14-15,18H,4-7,9,17H2. The van der Waals surface area contributed by atoms with Crippen LogP contribution in [0.15, 0.2) is 29.2 Å². The number of thioether (sulfide) groups is 1. The van der Waals surface area contributed by atoms with Crippen LogP contribution in [-0.4, -0.2) is 11.8 Å². The molecule has 2 aliphatic carbocycles. The van der Waals surface area contributed by atoms with E-state index in [2.05, 4.69) is 11.5 Å². The summed E-state index contributed by atoms with van der Waals surface area (Å²) < 4.78 is 0. The summed E-state index contributed by atoms with van der Waals surface area (Å²) in [5.74, 6) is 9.48. The highest BCUT2D eigenvalue weighted by atomic mass is 35.5. The van der Waals surface area contributed by atoms with Crippen molar-refractivity contribution in [2.24, 2.45) is 23.6 Å². The van der Waals surface area contributed by atoms with E-state index in [1.807, 2.05) is 30.0 Å². The van der Waals surface area contributed by atoms with Gasteiger partial charge in [-0.15, -0.1) is 11.8 Å². The third-order valence-corrected chi connectivity index (χ3v) is 6.10. The van der Waals surface area contributed by atoms with Gasteiger partial charge >= 0.3 is 0 Å². The second-order valence-electron chi connectivity index (χ2n) is 5.88. The largest absolute Gasteiger partial charge is 0.271 e. The zero-order valence-corrected chi connectivity index (χ0v) is 12.6. The van der Waals surface area contributed by atoms with E-state index >= 15 is 0 Å². The van der Waals surface area contributed by atoms with Gasteiger partial charge in [0.25, 0.3) is 0 Å². The highest BCUT2D eigenvalue weighted by Gasteiger charge is 2.42. The number of hydrogen-bond donors (Lipinski definition) is 2. The first-order valence-corrected chi connectivity index (χ1v) is 8.47. The molecule has 2 fully saturated rings. The van der Waals surface area contributed by atoms with Crippen molar-refractivity contribution in [3.05, 3.63) is 29.3 Å². The summed E-state index contributed by atoms with van der Waals surface area (Å²) >= 11 is 7.87. The number of hydrogen-bond acceptors (Lipinski definition) is 3. The minimum Gasteiger partial charge on any atom is -0.271 e. The first kappa shape index (κ1) is 13.7. The number of rotatable bonds is 5. The molecule has 104 valence electrons. The Morgan fingerprint density at radius 3 is 2.89 bits per heavy atom. The number of hydrazine groups is 1. The smallest absolute Gasteiger partial charge is 0.0417 e. The first-order valence-electron chi connectivity index (χ1n) is 7.10. The van der Waals surface area contributed by atoms with Crippen molar-refractivity contribution < 1.29 is 0 Å². The lowest BCUT2D eigenvalue weighted by molar-refractivity contribution is 0.265. The van der Waals surface area contributed by atoms with Crippen molar-refractivity contribution >= 4 is 23.4 Å². The summed E-state index contributed by atoms with van der Waals surface area (Å²) in [6.45, 7) is 0. The van der Waals surface area contributed by atoms with E-state index in [1.54, 1.807) is 0 Å². The highest BCUT2D eigenvalue weighted by Crippen LogP contribution is 2.49. The minimum absolute atomic E-state index is 0.430. The zero-order chi connectivity index (χ0) is 13.2. The number of nitrogens with two attached hydrogens (primary N) is 1. The molecule has 4 heteroatoms. The summed E-state index contributed by atoms with van der Waals surface area (Å²) in [6.07, 6.45) is 5.66. The lowest BCUT2D eigenvalue weighted by Gasteiger charge is -2.29. The van der Waals surface area contributed by atoms with Gasteiger partial charge in [0.15, 0.2) is 0 Å². The van der Waals surface area contributed by atoms with Crippen LogP contribution in [0.5, 0.6) is 0 Å². The normalized spacial score (nSPS) is 30.7. The van der Waals surface area contributed by atoms with Gasteiger partial charge in [-0.05, 0) is 55.2 Å². The predicted octanol–water partition coefficient (Wildman–Crippen LogP) is 3.70. The minimum atomic E-state index is 0.430. The van der Waals surface area contributed by atoms with Crippen LogP contribution >= 0.6 is 23.4 Å². The molecule has 3 rings (SSSR count). The predicted molar refractivity (Wildman–Crippen MR) is 82.2 cm³/mol. The molecule has 0 amide bonds. The molecular formula is C15H21ClN2S. The maximum Gasteiger partial charge on any atom is 0.0417 e. The van der Waals surface area contributed by atoms with Crippen LogP contribution in [0, 0.1) is 17.8 Å². The Bertz CT molecular complexity index is 440. The monoisotopic (exact) mass is 296 g/mol. The number of nitrogens with one attached hydrogen (secondary N) is 1. The van der Waals surface area contributed by atoms with Crippen LogP contribution in [-0.2, 0) is 0 Å². The summed E-state index contributed by atoms with van der Waals surface area (Å²) in [4.78, 5) is 1.23. The van der Waals surface area contributed by atoms with Gasteiger partial charge in [-0.2, -0.15) is 0 Å². The molecule has 3 N–H and O–H groups in total. The topological polar surface area (TPSA) is 38.0 Å². The molecule has 0 aliphatic heterocycles. The second-order valence-corrected chi connectivity index (χ2v) is 7.41. The Kier molecular flexibility index (Phi) is 4.37. The van der Waals surface area contributed by atoms with E-state index in [-0.39, 0.29) is 0 Å². The van der Waals surface area contributed by atoms with Gasteiger partial charge < -0.3 is 0 Å². The molecule has 0 saturated heterocycles. The molecular weight excluding hydrogens is 276 g/mol. The molecule has 0 spiro atoms. The molecule has 2 aliphatic rings. The third-order valence-electron chi connectivity index (χ3n) is 4.75. The fourth-order valence-corrected chi connectivity index (χ4v) is 5.18. The maximum absolute atomic E-state index is 6.02. The van der Waals surface area contributed by atoms with Gasteiger partial charge in [-0.3, -0.25) is 11.3 Å². The van der Waals surface area contributed by atoms with Crippen LogP contribution in [0.4, 0.5) is 0 Å². The molecule has 0 aromatic heterocycles. The molecule has 1 aromatic carbocycles. The molecule has 2 nitrogen and oxygen atoms in total. The summed E-state index contributed by atoms with van der Waals surface area (Å²) in [5, 5.41) is 0.808. The van der Waals surface area contributed by atoms with Crippen molar-refractivity contribution in [2.75, 3.05) is 5.75 Å². The molecule has 1 aromatic rings. The Labute approximate surface area is 124 Å². The summed E-state index contributed by atoms with van der Waals surface area (Å²) in [6, 6.07) is 8.50. The number of benzene rings is 1. The van der Waals surface area contributed by atoms with E-state index in [0.29, 0.717) is 6.04 Å². The molecule has 0 radical (unpaired) electrons. The van der Waals surface area contributed by atoms with E-state index in [9.17, 15) is 0 Å². The summed E-state index contributed by atoms with van der Waals surface area (Å²) in [5.41, 5.74) is 3.06. The van der Waals surface area contributed by atoms with Gasteiger partial charge in [-0.1, -0.05) is 24.1 Å². The highest BCUT2D eigenvalue weighted by molar-refractivity contribution is 7.99. The van der Waals surface area contributed by atoms with E-state index in [0.717, 1.165) is 28.5 Å². The third kappa shape index (κ3) is 3.10.